The number of imidazole rings is 1. The van der Waals surface area contributed by atoms with Gasteiger partial charge >= 0.3 is 0 Å². The molecular weight excluding hydrogens is 328 g/mol. The van der Waals surface area contributed by atoms with Crippen LogP contribution in [0.4, 0.5) is 0 Å². The van der Waals surface area contributed by atoms with E-state index in [1.165, 1.54) is 12.8 Å². The number of amides is 2. The van der Waals surface area contributed by atoms with Crippen molar-refractivity contribution in [3.05, 3.63) is 30.1 Å². The van der Waals surface area contributed by atoms with Crippen molar-refractivity contribution in [2.75, 3.05) is 26.2 Å². The summed E-state index contributed by atoms with van der Waals surface area (Å²) in [5.41, 5.74) is 2.53. The molecule has 1 aliphatic carbocycles. The molecule has 4 rings (SSSR count). The lowest BCUT2D eigenvalue weighted by atomic mass is 10.1. The first-order valence-corrected chi connectivity index (χ1v) is 9.62. The molecule has 6 nitrogen and oxygen atoms in total. The summed E-state index contributed by atoms with van der Waals surface area (Å²) in [4.78, 5) is 33.8. The Balaban J connectivity index is 1.44. The van der Waals surface area contributed by atoms with Gasteiger partial charge in [0.1, 0.15) is 0 Å². The van der Waals surface area contributed by atoms with Crippen LogP contribution in [0.5, 0.6) is 0 Å². The van der Waals surface area contributed by atoms with Gasteiger partial charge in [-0.25, -0.2) is 4.98 Å². The van der Waals surface area contributed by atoms with E-state index in [0.29, 0.717) is 31.1 Å². The van der Waals surface area contributed by atoms with E-state index in [4.69, 9.17) is 0 Å². The van der Waals surface area contributed by atoms with Gasteiger partial charge in [-0.15, -0.1) is 0 Å². The third kappa shape index (κ3) is 3.20. The lowest BCUT2D eigenvalue weighted by Gasteiger charge is -2.24. The molecule has 1 saturated heterocycles. The van der Waals surface area contributed by atoms with Gasteiger partial charge in [-0.2, -0.15) is 0 Å². The normalized spacial score (nSPS) is 19.1. The fourth-order valence-corrected chi connectivity index (χ4v) is 4.22. The van der Waals surface area contributed by atoms with E-state index in [1.54, 1.807) is 6.33 Å². The summed E-state index contributed by atoms with van der Waals surface area (Å²) in [6.07, 6.45) is 7.01. The smallest absolute Gasteiger partial charge is 0.253 e. The fourth-order valence-electron chi connectivity index (χ4n) is 4.22. The number of carbonyl (C=O) groups excluding carboxylic acids is 2. The first-order chi connectivity index (χ1) is 12.6. The predicted octanol–water partition coefficient (Wildman–Crippen LogP) is 2.44. The van der Waals surface area contributed by atoms with Crippen molar-refractivity contribution in [3.8, 4) is 0 Å². The predicted molar refractivity (Wildman–Crippen MR) is 99.8 cm³/mol. The molecule has 2 fully saturated rings. The Bertz CT molecular complexity index is 822. The van der Waals surface area contributed by atoms with Gasteiger partial charge in [0.25, 0.3) is 5.91 Å². The molecule has 0 atom stereocenters. The van der Waals surface area contributed by atoms with Crippen molar-refractivity contribution in [2.45, 2.75) is 32.1 Å². The van der Waals surface area contributed by atoms with Crippen LogP contribution in [0.15, 0.2) is 24.5 Å². The number of fused-ring (bicyclic) bond motifs is 1. The van der Waals surface area contributed by atoms with Crippen LogP contribution in [0.3, 0.4) is 0 Å². The minimum Gasteiger partial charge on any atom is -0.341 e. The first-order valence-electron chi connectivity index (χ1n) is 9.62. The standard InChI is InChI=1S/C20H26N4O2/c1-22-14-21-17-13-16(7-8-18(17)22)20(26)24-10-4-9-23(11-12-24)19(25)15-5-2-3-6-15/h7-8,13-15H,2-6,9-12H2,1H3. The first kappa shape index (κ1) is 17.1. The molecule has 2 heterocycles. The van der Waals surface area contributed by atoms with Gasteiger partial charge in [0, 0.05) is 44.7 Å². The Morgan fingerprint density at radius 3 is 2.54 bits per heavy atom. The zero-order valence-electron chi connectivity index (χ0n) is 15.4. The van der Waals surface area contributed by atoms with Crippen molar-refractivity contribution in [2.24, 2.45) is 13.0 Å². The van der Waals surface area contributed by atoms with Crippen LogP contribution in [0.2, 0.25) is 0 Å². The average Bonchev–Trinajstić information content (AvgIpc) is 3.25. The molecule has 1 saturated carbocycles. The Morgan fingerprint density at radius 1 is 1.00 bits per heavy atom. The number of hydrogen-bond acceptors (Lipinski definition) is 3. The topological polar surface area (TPSA) is 58.4 Å². The van der Waals surface area contributed by atoms with Gasteiger partial charge in [0.2, 0.25) is 5.91 Å². The number of aryl methyl sites for hydroxylation is 1. The molecular formula is C20H26N4O2. The van der Waals surface area contributed by atoms with Crippen LogP contribution in [-0.4, -0.2) is 57.3 Å². The number of hydrogen-bond donors (Lipinski definition) is 0. The Morgan fingerprint density at radius 2 is 1.73 bits per heavy atom. The Kier molecular flexibility index (Phi) is 4.66. The minimum atomic E-state index is 0.0349. The van der Waals surface area contributed by atoms with Gasteiger partial charge in [-0.3, -0.25) is 9.59 Å². The van der Waals surface area contributed by atoms with E-state index in [9.17, 15) is 9.59 Å². The van der Waals surface area contributed by atoms with Gasteiger partial charge in [-0.1, -0.05) is 12.8 Å². The molecule has 138 valence electrons. The maximum absolute atomic E-state index is 12.9. The highest BCUT2D eigenvalue weighted by atomic mass is 16.2. The molecule has 1 aliphatic heterocycles. The summed E-state index contributed by atoms with van der Waals surface area (Å²) in [6.45, 7) is 2.72. The fraction of sp³-hybridized carbons (Fsp3) is 0.550. The number of aromatic nitrogens is 2. The van der Waals surface area contributed by atoms with Gasteiger partial charge in [0.05, 0.1) is 17.4 Å². The highest BCUT2D eigenvalue weighted by Gasteiger charge is 2.29. The average molecular weight is 354 g/mol. The van der Waals surface area contributed by atoms with E-state index in [2.05, 4.69) is 4.98 Å². The van der Waals surface area contributed by atoms with E-state index >= 15 is 0 Å². The van der Waals surface area contributed by atoms with Crippen LogP contribution in [0.1, 0.15) is 42.5 Å². The van der Waals surface area contributed by atoms with Gasteiger partial charge < -0.3 is 14.4 Å². The molecule has 6 heteroatoms. The van der Waals surface area contributed by atoms with E-state index in [0.717, 1.165) is 36.8 Å². The summed E-state index contributed by atoms with van der Waals surface area (Å²) in [5.74, 6) is 0.545. The van der Waals surface area contributed by atoms with E-state index < -0.39 is 0 Å². The second-order valence-corrected chi connectivity index (χ2v) is 7.51. The zero-order chi connectivity index (χ0) is 18.1. The number of benzene rings is 1. The molecule has 0 N–H and O–H groups in total. The molecule has 1 aromatic carbocycles. The van der Waals surface area contributed by atoms with Crippen molar-refractivity contribution < 1.29 is 9.59 Å². The van der Waals surface area contributed by atoms with E-state index in [1.807, 2.05) is 39.6 Å². The third-order valence-corrected chi connectivity index (χ3v) is 5.77. The van der Waals surface area contributed by atoms with Gasteiger partial charge in [-0.05, 0) is 37.5 Å². The summed E-state index contributed by atoms with van der Waals surface area (Å²) in [7, 11) is 1.95. The lowest BCUT2D eigenvalue weighted by molar-refractivity contribution is -0.135. The maximum atomic E-state index is 12.9. The Labute approximate surface area is 153 Å². The molecule has 2 amide bonds. The summed E-state index contributed by atoms with van der Waals surface area (Å²) in [5, 5.41) is 0. The lowest BCUT2D eigenvalue weighted by Crippen LogP contribution is -2.39. The highest BCUT2D eigenvalue weighted by molar-refractivity contribution is 5.97. The number of nitrogens with zero attached hydrogens (tertiary/aromatic N) is 4. The molecule has 0 unspecified atom stereocenters. The van der Waals surface area contributed by atoms with Crippen molar-refractivity contribution in [3.63, 3.8) is 0 Å². The molecule has 2 aromatic rings. The van der Waals surface area contributed by atoms with Crippen LogP contribution in [-0.2, 0) is 11.8 Å². The number of rotatable bonds is 2. The summed E-state index contributed by atoms with van der Waals surface area (Å²) in [6, 6.07) is 5.69. The second-order valence-electron chi connectivity index (χ2n) is 7.51. The molecule has 0 spiro atoms. The monoisotopic (exact) mass is 354 g/mol. The van der Waals surface area contributed by atoms with Gasteiger partial charge in [0.15, 0.2) is 0 Å². The third-order valence-electron chi connectivity index (χ3n) is 5.77. The van der Waals surface area contributed by atoms with Crippen molar-refractivity contribution in [1.82, 2.24) is 19.4 Å². The molecule has 26 heavy (non-hydrogen) atoms. The van der Waals surface area contributed by atoms with Crippen LogP contribution in [0.25, 0.3) is 11.0 Å². The quantitative estimate of drug-likeness (QED) is 0.832. The molecule has 1 aromatic heterocycles. The Hall–Kier alpha value is -2.37. The maximum Gasteiger partial charge on any atom is 0.253 e. The molecule has 0 radical (unpaired) electrons. The summed E-state index contributed by atoms with van der Waals surface area (Å²) < 4.78 is 1.95. The largest absolute Gasteiger partial charge is 0.341 e. The number of carbonyl (C=O) groups is 2. The van der Waals surface area contributed by atoms with Crippen LogP contribution >= 0.6 is 0 Å². The van der Waals surface area contributed by atoms with Crippen molar-refractivity contribution in [1.29, 1.82) is 0 Å². The van der Waals surface area contributed by atoms with Crippen molar-refractivity contribution >= 4 is 22.8 Å². The molecule has 0 bridgehead atoms. The van der Waals surface area contributed by atoms with Crippen LogP contribution < -0.4 is 0 Å². The second kappa shape index (κ2) is 7.09. The highest BCUT2D eigenvalue weighted by Crippen LogP contribution is 2.27. The molecule has 2 aliphatic rings. The minimum absolute atomic E-state index is 0.0349. The van der Waals surface area contributed by atoms with E-state index in [-0.39, 0.29) is 11.8 Å². The van der Waals surface area contributed by atoms with Crippen LogP contribution in [0, 0.1) is 5.92 Å². The zero-order valence-corrected chi connectivity index (χ0v) is 15.4. The summed E-state index contributed by atoms with van der Waals surface area (Å²) >= 11 is 0. The SMILES string of the molecule is Cn1cnc2cc(C(=O)N3CCCN(C(=O)C4CCCC4)CC3)ccc21.